The van der Waals surface area contributed by atoms with Crippen molar-refractivity contribution in [3.05, 3.63) is 78.4 Å². The number of quaternary nitrogens is 1. The summed E-state index contributed by atoms with van der Waals surface area (Å²) in [6.45, 7) is 7.81. The number of amides is 3. The average molecular weight is 619 g/mol. The molecule has 0 spiro atoms. The van der Waals surface area contributed by atoms with E-state index in [1.807, 2.05) is 63.2 Å². The van der Waals surface area contributed by atoms with E-state index in [9.17, 15) is 14.7 Å². The maximum Gasteiger partial charge on any atom is 0.417 e. The fourth-order valence-corrected chi connectivity index (χ4v) is 7.88. The molecule has 2 fully saturated rings. The minimum atomic E-state index is -0.946. The van der Waals surface area contributed by atoms with Crippen molar-refractivity contribution < 1.29 is 23.9 Å². The zero-order chi connectivity index (χ0) is 31.2. The van der Waals surface area contributed by atoms with Crippen LogP contribution in [0.25, 0.3) is 10.8 Å². The summed E-state index contributed by atoms with van der Waals surface area (Å²) in [7, 11) is 0. The number of aliphatic hydroxyl groups excluding tert-OH is 1. The van der Waals surface area contributed by atoms with Crippen LogP contribution in [0.2, 0.25) is 0 Å². The van der Waals surface area contributed by atoms with Crippen LogP contribution < -0.4 is 10.6 Å². The van der Waals surface area contributed by atoms with Gasteiger partial charge in [-0.15, -0.1) is 11.8 Å². The first kappa shape index (κ1) is 32.3. The second kappa shape index (κ2) is 14.4. The van der Waals surface area contributed by atoms with Gasteiger partial charge in [0.05, 0.1) is 19.1 Å². The first-order valence-corrected chi connectivity index (χ1v) is 17.0. The Hall–Kier alpha value is -3.07. The lowest BCUT2D eigenvalue weighted by molar-refractivity contribution is -0.865. The maximum absolute atomic E-state index is 14.0. The van der Waals surface area contributed by atoms with Crippen molar-refractivity contribution in [2.24, 2.45) is 11.8 Å². The Kier molecular flexibility index (Phi) is 10.5. The molecule has 236 valence electrons. The number of piperidine rings is 1. The van der Waals surface area contributed by atoms with Gasteiger partial charge in [0.15, 0.2) is 0 Å². The zero-order valence-corrected chi connectivity index (χ0v) is 27.2. The fourth-order valence-electron chi connectivity index (χ4n) is 6.82. The Balaban J connectivity index is 1.34. The van der Waals surface area contributed by atoms with Gasteiger partial charge in [-0.2, -0.15) is 0 Å². The number of carbonyl (C=O) groups excluding carboxylic acids is 2. The van der Waals surface area contributed by atoms with Gasteiger partial charge in [-0.25, -0.2) is 14.1 Å². The Morgan fingerprint density at radius 1 is 0.955 bits per heavy atom. The highest BCUT2D eigenvalue weighted by Gasteiger charge is 2.49. The predicted molar refractivity (Wildman–Crippen MR) is 177 cm³/mol. The van der Waals surface area contributed by atoms with Gasteiger partial charge in [0.2, 0.25) is 0 Å². The Bertz CT molecular complexity index is 1410. The molecule has 8 heteroatoms. The molecule has 0 radical (unpaired) electrons. The standard InChI is InChI=1S/C36H47N3O4S/c1-36(2,3)38-34(41)39(20-19-28-14-8-10-16-30(28)22-39)23-33(40)32(37-35(42)43-24-26-11-5-4-6-12-26)25-44-31-18-17-27-13-7-9-15-29(27)21-31/h4-7,9,11-13,15,17-18,21,28,30,32-33,40H,8,10,14,16,19-20,22-25H2,1-3H3,(H-,37,38,41,42)/p+1/t28-,30+,32-,33+,39?/m0/s1. The van der Waals surface area contributed by atoms with Gasteiger partial charge in [-0.05, 0) is 68.0 Å². The number of ether oxygens (including phenoxy) is 1. The number of aliphatic hydroxyl groups is 1. The second-order valence-electron chi connectivity index (χ2n) is 13.7. The van der Waals surface area contributed by atoms with Gasteiger partial charge >= 0.3 is 12.1 Å². The van der Waals surface area contributed by atoms with E-state index in [1.165, 1.54) is 24.6 Å². The van der Waals surface area contributed by atoms with E-state index in [0.29, 0.717) is 24.1 Å². The lowest BCUT2D eigenvalue weighted by Crippen LogP contribution is -2.68. The SMILES string of the molecule is CC(C)(C)NC(=O)[N+]1(C[C@@H](O)[C@H](CSc2ccc3ccccc3c2)NC(=O)OCc2ccccc2)CC[C@@H]2CCCC[C@@H]2C1. The summed E-state index contributed by atoms with van der Waals surface area (Å²) in [6, 6.07) is 23.4. The molecule has 1 unspecified atom stereocenters. The summed E-state index contributed by atoms with van der Waals surface area (Å²) in [5.41, 5.74) is 0.505. The molecular weight excluding hydrogens is 570 g/mol. The van der Waals surface area contributed by atoms with Gasteiger partial charge in [0, 0.05) is 28.5 Å². The molecule has 1 aliphatic carbocycles. The highest BCUT2D eigenvalue weighted by Crippen LogP contribution is 2.39. The smallest absolute Gasteiger partial charge is 0.417 e. The Labute approximate surface area is 266 Å². The first-order valence-electron chi connectivity index (χ1n) is 16.1. The number of hydrogen-bond acceptors (Lipinski definition) is 5. The minimum Gasteiger partial charge on any atom is -0.445 e. The van der Waals surface area contributed by atoms with Gasteiger partial charge in [0.1, 0.15) is 19.3 Å². The first-order chi connectivity index (χ1) is 21.1. The minimum absolute atomic E-state index is 0.0341. The number of hydrogen-bond donors (Lipinski definition) is 3. The maximum atomic E-state index is 14.0. The van der Waals surface area contributed by atoms with Crippen molar-refractivity contribution in [2.45, 2.75) is 82.1 Å². The largest absolute Gasteiger partial charge is 0.445 e. The quantitative estimate of drug-likeness (QED) is 0.176. The Morgan fingerprint density at radius 3 is 2.41 bits per heavy atom. The highest BCUT2D eigenvalue weighted by molar-refractivity contribution is 7.99. The second-order valence-corrected chi connectivity index (χ2v) is 14.8. The van der Waals surface area contributed by atoms with E-state index < -0.39 is 18.2 Å². The lowest BCUT2D eigenvalue weighted by Gasteiger charge is -2.48. The summed E-state index contributed by atoms with van der Waals surface area (Å²) in [5, 5.41) is 20.4. The topological polar surface area (TPSA) is 87.7 Å². The van der Waals surface area contributed by atoms with Crippen LogP contribution >= 0.6 is 11.8 Å². The highest BCUT2D eigenvalue weighted by atomic mass is 32.2. The van der Waals surface area contributed by atoms with E-state index in [-0.39, 0.29) is 29.2 Å². The molecular formula is C36H48N3O4S+. The van der Waals surface area contributed by atoms with Crippen molar-refractivity contribution >= 4 is 34.7 Å². The number of benzene rings is 3. The van der Waals surface area contributed by atoms with Crippen LogP contribution in [0.15, 0.2) is 77.7 Å². The zero-order valence-electron chi connectivity index (χ0n) is 26.3. The molecule has 3 aromatic carbocycles. The van der Waals surface area contributed by atoms with Crippen molar-refractivity contribution in [1.82, 2.24) is 10.6 Å². The monoisotopic (exact) mass is 618 g/mol. The number of nitrogens with zero attached hydrogens (tertiary/aromatic N) is 1. The summed E-state index contributed by atoms with van der Waals surface area (Å²) in [4.78, 5) is 28.1. The molecule has 5 rings (SSSR count). The van der Waals surface area contributed by atoms with Crippen LogP contribution in [0.1, 0.15) is 58.4 Å². The van der Waals surface area contributed by atoms with Crippen molar-refractivity contribution in [1.29, 1.82) is 0 Å². The third kappa shape index (κ3) is 8.55. The third-order valence-electron chi connectivity index (χ3n) is 9.16. The number of urea groups is 1. The molecule has 1 heterocycles. The van der Waals surface area contributed by atoms with Crippen LogP contribution in [0.5, 0.6) is 0 Å². The number of likely N-dealkylation sites (tertiary alicyclic amines) is 1. The van der Waals surface area contributed by atoms with Crippen molar-refractivity contribution in [3.63, 3.8) is 0 Å². The molecule has 1 saturated carbocycles. The average Bonchev–Trinajstić information content (AvgIpc) is 3.01. The number of nitrogens with one attached hydrogen (secondary N) is 2. The number of carbonyl (C=O) groups is 2. The molecule has 5 atom stereocenters. The lowest BCUT2D eigenvalue weighted by atomic mass is 9.74. The summed E-state index contributed by atoms with van der Waals surface area (Å²) < 4.78 is 5.75. The molecule has 2 aliphatic rings. The molecule has 44 heavy (non-hydrogen) atoms. The molecule has 7 nitrogen and oxygen atoms in total. The number of alkyl carbamates (subject to hydrolysis) is 1. The third-order valence-corrected chi connectivity index (χ3v) is 10.3. The fraction of sp³-hybridized carbons (Fsp3) is 0.500. The van der Waals surface area contributed by atoms with E-state index in [1.54, 1.807) is 11.8 Å². The number of rotatable bonds is 9. The predicted octanol–water partition coefficient (Wildman–Crippen LogP) is 7.12. The van der Waals surface area contributed by atoms with Gasteiger partial charge < -0.3 is 20.5 Å². The van der Waals surface area contributed by atoms with Crippen LogP contribution in [0.4, 0.5) is 9.59 Å². The normalized spacial score (nSPS) is 23.3. The van der Waals surface area contributed by atoms with Crippen molar-refractivity contribution in [2.75, 3.05) is 25.4 Å². The van der Waals surface area contributed by atoms with E-state index >= 15 is 0 Å². The summed E-state index contributed by atoms with van der Waals surface area (Å²) >= 11 is 1.59. The molecule has 3 aromatic rings. The van der Waals surface area contributed by atoms with Crippen LogP contribution in [-0.4, -0.2) is 64.8 Å². The molecule has 3 amide bonds. The molecule has 0 bridgehead atoms. The van der Waals surface area contributed by atoms with Gasteiger partial charge in [-0.1, -0.05) is 73.5 Å². The van der Waals surface area contributed by atoms with Gasteiger partial charge in [0.25, 0.3) is 0 Å². The van der Waals surface area contributed by atoms with Crippen LogP contribution in [0.3, 0.4) is 0 Å². The van der Waals surface area contributed by atoms with E-state index in [4.69, 9.17) is 4.74 Å². The summed E-state index contributed by atoms with van der Waals surface area (Å²) in [6.07, 6.45) is 4.29. The van der Waals surface area contributed by atoms with E-state index in [2.05, 4.69) is 41.0 Å². The molecule has 3 N–H and O–H groups in total. The molecule has 0 aromatic heterocycles. The van der Waals surface area contributed by atoms with Gasteiger partial charge in [-0.3, -0.25) is 0 Å². The van der Waals surface area contributed by atoms with Crippen LogP contribution in [-0.2, 0) is 11.3 Å². The molecule has 1 aliphatic heterocycles. The Morgan fingerprint density at radius 2 is 1.66 bits per heavy atom. The molecule has 1 saturated heterocycles. The van der Waals surface area contributed by atoms with Crippen LogP contribution in [0, 0.1) is 11.8 Å². The number of thioether (sulfide) groups is 1. The summed E-state index contributed by atoms with van der Waals surface area (Å²) in [5.74, 6) is 1.57. The van der Waals surface area contributed by atoms with Crippen molar-refractivity contribution in [3.8, 4) is 0 Å². The number of fused-ring (bicyclic) bond motifs is 2. The van der Waals surface area contributed by atoms with E-state index in [0.717, 1.165) is 35.2 Å².